The van der Waals surface area contributed by atoms with E-state index in [0.29, 0.717) is 12.4 Å². The molecule has 0 spiro atoms. The quantitative estimate of drug-likeness (QED) is 0.779. The minimum Gasteiger partial charge on any atom is -0.504 e. The Morgan fingerprint density at radius 1 is 1.17 bits per heavy atom. The van der Waals surface area contributed by atoms with Crippen molar-refractivity contribution in [3.05, 3.63) is 77.6 Å². The van der Waals surface area contributed by atoms with Crippen molar-refractivity contribution in [2.45, 2.75) is 19.5 Å². The van der Waals surface area contributed by atoms with Gasteiger partial charge in [0.1, 0.15) is 6.54 Å². The number of aromatic nitrogens is 1. The minimum atomic E-state index is 0.159. The molecule has 3 N–H and O–H groups in total. The lowest BCUT2D eigenvalue weighted by Crippen LogP contribution is -2.83. The first-order chi connectivity index (χ1) is 11.8. The normalized spacial score (nSPS) is 16.1. The van der Waals surface area contributed by atoms with Gasteiger partial charge in [0.25, 0.3) is 0 Å². The Morgan fingerprint density at radius 3 is 2.92 bits per heavy atom. The summed E-state index contributed by atoms with van der Waals surface area (Å²) in [5.41, 5.74) is 4.92. The monoisotopic (exact) mass is 321 g/mol. The molecule has 4 heteroatoms. The molecule has 122 valence electrons. The van der Waals surface area contributed by atoms with E-state index in [1.165, 1.54) is 16.9 Å². The van der Waals surface area contributed by atoms with Gasteiger partial charge in [-0.05, 0) is 43.3 Å². The number of benzene rings is 2. The van der Waals surface area contributed by atoms with Crippen LogP contribution >= 0.6 is 0 Å². The van der Waals surface area contributed by atoms with Crippen LogP contribution < -0.4 is 10.1 Å². The van der Waals surface area contributed by atoms with Gasteiger partial charge in [0, 0.05) is 17.3 Å². The van der Waals surface area contributed by atoms with Gasteiger partial charge < -0.3 is 19.7 Å². The second kappa shape index (κ2) is 6.06. The molecule has 1 aromatic heterocycles. The van der Waals surface area contributed by atoms with Crippen LogP contribution in [0.3, 0.4) is 0 Å². The van der Waals surface area contributed by atoms with Gasteiger partial charge in [-0.1, -0.05) is 18.2 Å². The zero-order chi connectivity index (χ0) is 16.5. The van der Waals surface area contributed by atoms with Crippen LogP contribution in [0.4, 0.5) is 0 Å². The number of para-hydroxylation sites is 1. The highest BCUT2D eigenvalue weighted by molar-refractivity contribution is 5.47. The van der Waals surface area contributed by atoms with Crippen LogP contribution in [0, 0.1) is 0 Å². The third kappa shape index (κ3) is 2.45. The first-order valence-corrected chi connectivity index (χ1v) is 8.32. The lowest BCUT2D eigenvalue weighted by molar-refractivity contribution is -0.702. The Bertz CT molecular complexity index is 870. The number of hydrogen-bond acceptors (Lipinski definition) is 2. The number of nitrogens with zero attached hydrogens (tertiary/aromatic N) is 1. The molecule has 1 aliphatic rings. The molecule has 24 heavy (non-hydrogen) atoms. The molecular formula is C20H21N2O2+. The van der Waals surface area contributed by atoms with Crippen molar-refractivity contribution in [3.8, 4) is 17.2 Å². The van der Waals surface area contributed by atoms with E-state index in [-0.39, 0.29) is 11.8 Å². The molecule has 0 bridgehead atoms. The average Bonchev–Trinajstić information content (AvgIpc) is 3.02. The molecule has 4 nitrogen and oxygen atoms in total. The maximum absolute atomic E-state index is 9.98. The third-order valence-electron chi connectivity index (χ3n) is 4.57. The van der Waals surface area contributed by atoms with E-state index < -0.39 is 0 Å². The molecule has 3 aromatic rings. The van der Waals surface area contributed by atoms with Gasteiger partial charge >= 0.3 is 0 Å². The van der Waals surface area contributed by atoms with Crippen molar-refractivity contribution in [1.29, 1.82) is 0 Å². The van der Waals surface area contributed by atoms with Gasteiger partial charge in [0.2, 0.25) is 0 Å². The number of phenolic OH excluding ortho intramolecular Hbond substituents is 1. The Hall–Kier alpha value is -2.72. The maximum atomic E-state index is 9.98. The second-order valence-electron chi connectivity index (χ2n) is 6.01. The van der Waals surface area contributed by atoms with E-state index in [0.717, 1.165) is 12.1 Å². The maximum Gasteiger partial charge on any atom is 0.161 e. The third-order valence-corrected chi connectivity index (χ3v) is 4.57. The van der Waals surface area contributed by atoms with Crippen molar-refractivity contribution < 1.29 is 15.2 Å². The number of ether oxygens (including phenoxy) is 1. The Morgan fingerprint density at radius 2 is 2.04 bits per heavy atom. The Labute approximate surface area is 141 Å². The molecular weight excluding hydrogens is 300 g/mol. The number of rotatable bonds is 3. The summed E-state index contributed by atoms with van der Waals surface area (Å²) in [7, 11) is 0. The molecule has 0 fully saturated rings. The van der Waals surface area contributed by atoms with Crippen LogP contribution in [-0.2, 0) is 6.54 Å². The van der Waals surface area contributed by atoms with E-state index >= 15 is 0 Å². The Kier molecular flexibility index (Phi) is 3.75. The molecule has 4 rings (SSSR count). The fourth-order valence-electron chi connectivity index (χ4n) is 3.45. The average molecular weight is 321 g/mol. The number of fused-ring (bicyclic) bond motifs is 3. The first kappa shape index (κ1) is 14.8. The highest BCUT2D eigenvalue weighted by atomic mass is 16.5. The largest absolute Gasteiger partial charge is 0.504 e. The molecule has 2 heterocycles. The molecule has 0 saturated heterocycles. The molecule has 0 aliphatic carbocycles. The fourth-order valence-corrected chi connectivity index (χ4v) is 3.45. The van der Waals surface area contributed by atoms with E-state index in [1.54, 1.807) is 6.07 Å². The summed E-state index contributed by atoms with van der Waals surface area (Å²) >= 11 is 0. The van der Waals surface area contributed by atoms with Gasteiger partial charge in [0.05, 0.1) is 18.0 Å². The van der Waals surface area contributed by atoms with Crippen LogP contribution in [0.1, 0.15) is 29.8 Å². The van der Waals surface area contributed by atoms with Crippen molar-refractivity contribution in [2.24, 2.45) is 0 Å². The molecule has 0 saturated carbocycles. The number of nitrogens with two attached hydrogens (primary N) is 1. The van der Waals surface area contributed by atoms with Gasteiger partial charge in [-0.15, -0.1) is 0 Å². The highest BCUT2D eigenvalue weighted by Crippen LogP contribution is 2.32. The SMILES string of the molecule is CCOc1cc([C@@H]2[NH2+]Cc3ccccc3-n3cccc32)ccc1O. The highest BCUT2D eigenvalue weighted by Gasteiger charge is 2.26. The minimum absolute atomic E-state index is 0.159. The van der Waals surface area contributed by atoms with Crippen LogP contribution in [0.5, 0.6) is 11.5 Å². The molecule has 0 amide bonds. The standard InChI is InChI=1S/C20H20N2O2/c1-2-24-19-12-14(9-10-18(19)23)20-17-8-5-11-22(17)16-7-4-3-6-15(16)13-21-20/h3-12,20-21,23H,2,13H2,1H3/p+1/t20-/m0/s1. The van der Waals surface area contributed by atoms with Crippen LogP contribution in [0.25, 0.3) is 5.69 Å². The van der Waals surface area contributed by atoms with E-state index in [4.69, 9.17) is 4.74 Å². The smallest absolute Gasteiger partial charge is 0.161 e. The summed E-state index contributed by atoms with van der Waals surface area (Å²) in [6.45, 7) is 3.37. The van der Waals surface area contributed by atoms with Crippen molar-refractivity contribution in [3.63, 3.8) is 0 Å². The summed E-state index contributed by atoms with van der Waals surface area (Å²) in [6.07, 6.45) is 2.12. The van der Waals surface area contributed by atoms with E-state index in [9.17, 15) is 5.11 Å². The lowest BCUT2D eigenvalue weighted by Gasteiger charge is -2.16. The molecule has 1 atom stereocenters. The summed E-state index contributed by atoms with van der Waals surface area (Å²) < 4.78 is 7.82. The van der Waals surface area contributed by atoms with Crippen molar-refractivity contribution >= 4 is 0 Å². The van der Waals surface area contributed by atoms with E-state index in [1.807, 2.05) is 19.1 Å². The molecule has 0 unspecified atom stereocenters. The summed E-state index contributed by atoms with van der Waals surface area (Å²) in [4.78, 5) is 0. The number of quaternary nitrogens is 1. The summed E-state index contributed by atoms with van der Waals surface area (Å²) in [5, 5.41) is 12.3. The predicted molar refractivity (Wildman–Crippen MR) is 92.5 cm³/mol. The zero-order valence-electron chi connectivity index (χ0n) is 13.6. The van der Waals surface area contributed by atoms with Gasteiger partial charge in [-0.25, -0.2) is 0 Å². The van der Waals surface area contributed by atoms with E-state index in [2.05, 4.69) is 52.5 Å². The lowest BCUT2D eigenvalue weighted by atomic mass is 10.0. The van der Waals surface area contributed by atoms with Crippen LogP contribution in [0.15, 0.2) is 60.8 Å². The van der Waals surface area contributed by atoms with Crippen molar-refractivity contribution in [2.75, 3.05) is 6.61 Å². The molecule has 2 aromatic carbocycles. The van der Waals surface area contributed by atoms with Crippen molar-refractivity contribution in [1.82, 2.24) is 4.57 Å². The topological polar surface area (TPSA) is 51.0 Å². The van der Waals surface area contributed by atoms with Crippen LogP contribution in [0.2, 0.25) is 0 Å². The molecule has 1 aliphatic heterocycles. The van der Waals surface area contributed by atoms with Gasteiger partial charge in [-0.3, -0.25) is 0 Å². The van der Waals surface area contributed by atoms with Gasteiger partial charge in [-0.2, -0.15) is 0 Å². The molecule has 0 radical (unpaired) electrons. The summed E-state index contributed by atoms with van der Waals surface area (Å²) in [5.74, 6) is 0.733. The van der Waals surface area contributed by atoms with Gasteiger partial charge in [0.15, 0.2) is 17.5 Å². The first-order valence-electron chi connectivity index (χ1n) is 8.32. The second-order valence-corrected chi connectivity index (χ2v) is 6.01. The number of hydrogen-bond donors (Lipinski definition) is 2. The number of phenols is 1. The fraction of sp³-hybridized carbons (Fsp3) is 0.200. The zero-order valence-corrected chi connectivity index (χ0v) is 13.6. The number of aromatic hydroxyl groups is 1. The summed E-state index contributed by atoms with van der Waals surface area (Å²) in [6, 6.07) is 18.6. The Balaban J connectivity index is 1.80. The predicted octanol–water partition coefficient (Wildman–Crippen LogP) is 2.75. The van der Waals surface area contributed by atoms with Crippen LogP contribution in [-0.4, -0.2) is 16.3 Å².